The summed E-state index contributed by atoms with van der Waals surface area (Å²) in [6, 6.07) is 8.39. The van der Waals surface area contributed by atoms with Crippen LogP contribution in [-0.2, 0) is 4.79 Å². The largest absolute Gasteiger partial charge is 0.497 e. The van der Waals surface area contributed by atoms with Gasteiger partial charge in [0, 0.05) is 18.7 Å². The molecule has 1 aliphatic heterocycles. The van der Waals surface area contributed by atoms with Crippen LogP contribution in [0.3, 0.4) is 0 Å². The van der Waals surface area contributed by atoms with E-state index in [0.29, 0.717) is 56.5 Å². The summed E-state index contributed by atoms with van der Waals surface area (Å²) in [6.07, 6.45) is 1.81. The van der Waals surface area contributed by atoms with E-state index < -0.39 is 6.04 Å². The lowest BCUT2D eigenvalue weighted by Gasteiger charge is -2.30. The minimum atomic E-state index is -0.754. The molecule has 11 heteroatoms. The Morgan fingerprint density at radius 1 is 1.08 bits per heavy atom. The second kappa shape index (κ2) is 12.1. The van der Waals surface area contributed by atoms with Gasteiger partial charge in [-0.15, -0.1) is 0 Å². The highest BCUT2D eigenvalue weighted by Gasteiger charge is 2.36. The van der Waals surface area contributed by atoms with Crippen LogP contribution in [0.4, 0.5) is 0 Å². The Morgan fingerprint density at radius 3 is 2.31 bits per heavy atom. The van der Waals surface area contributed by atoms with Crippen LogP contribution in [0, 0.1) is 0 Å². The van der Waals surface area contributed by atoms with E-state index >= 15 is 0 Å². The molecule has 4 rings (SSSR count). The maximum absolute atomic E-state index is 14.0. The van der Waals surface area contributed by atoms with Gasteiger partial charge in [-0.2, -0.15) is 0 Å². The summed E-state index contributed by atoms with van der Waals surface area (Å²) in [5.41, 5.74) is 2.17. The maximum atomic E-state index is 14.0. The van der Waals surface area contributed by atoms with Crippen LogP contribution in [0.5, 0.6) is 17.2 Å². The predicted molar refractivity (Wildman–Crippen MR) is 160 cm³/mol. The second-order valence-corrected chi connectivity index (χ2v) is 11.4. The first-order valence-corrected chi connectivity index (χ1v) is 14.7. The first-order chi connectivity index (χ1) is 18.7. The SMILES string of the molecule is CCN(CC)C(=O)C1=C(C)N=c2s/c(=C/c3cc(Br)c(OC)c(Br)c3)c(=O)n2[C@H]1c1cc(OC)ccc1OC. The number of aromatic nitrogens is 1. The molecule has 2 heterocycles. The van der Waals surface area contributed by atoms with Crippen molar-refractivity contribution in [3.63, 3.8) is 0 Å². The zero-order chi connectivity index (χ0) is 28.4. The highest BCUT2D eigenvalue weighted by molar-refractivity contribution is 9.11. The second-order valence-electron chi connectivity index (χ2n) is 8.68. The van der Waals surface area contributed by atoms with Crippen LogP contribution >= 0.6 is 43.2 Å². The molecule has 2 aromatic carbocycles. The summed E-state index contributed by atoms with van der Waals surface area (Å²) < 4.78 is 20.2. The van der Waals surface area contributed by atoms with E-state index in [2.05, 4.69) is 31.9 Å². The summed E-state index contributed by atoms with van der Waals surface area (Å²) in [6.45, 7) is 6.72. The highest BCUT2D eigenvalue weighted by Crippen LogP contribution is 2.38. The third-order valence-corrected chi connectivity index (χ3v) is 8.72. The summed E-state index contributed by atoms with van der Waals surface area (Å²) in [5.74, 6) is 1.62. The Balaban J connectivity index is 2.02. The summed E-state index contributed by atoms with van der Waals surface area (Å²) >= 11 is 8.33. The standard InChI is InChI=1S/C28H29Br2N3O5S/c1-7-32(8-2)27(35)23-15(3)31-28-33(24(23)18-14-17(36-4)9-10-21(18)37-5)26(34)22(39-28)13-16-11-19(29)25(38-6)20(30)12-16/h9-14,24H,7-8H2,1-6H3/b22-13+/t24-/m0/s1. The lowest BCUT2D eigenvalue weighted by Crippen LogP contribution is -2.43. The van der Waals surface area contributed by atoms with Gasteiger partial charge >= 0.3 is 0 Å². The molecule has 0 aliphatic carbocycles. The average molecular weight is 679 g/mol. The fourth-order valence-electron chi connectivity index (χ4n) is 4.63. The first kappa shape index (κ1) is 29.1. The molecular weight excluding hydrogens is 650 g/mol. The number of carbonyl (C=O) groups excluding carboxylic acids is 1. The molecule has 0 radical (unpaired) electrons. The van der Waals surface area contributed by atoms with Gasteiger partial charge in [0.05, 0.1) is 46.1 Å². The van der Waals surface area contributed by atoms with Crippen molar-refractivity contribution in [1.29, 1.82) is 0 Å². The number of rotatable bonds is 8. The number of carbonyl (C=O) groups is 1. The number of hydrogen-bond acceptors (Lipinski definition) is 7. The Hall–Kier alpha value is -2.89. The van der Waals surface area contributed by atoms with Gasteiger partial charge in [-0.05, 0) is 94.6 Å². The number of halogens is 2. The summed E-state index contributed by atoms with van der Waals surface area (Å²) in [7, 11) is 4.73. The van der Waals surface area contributed by atoms with Gasteiger partial charge in [0.2, 0.25) is 0 Å². The van der Waals surface area contributed by atoms with Crippen LogP contribution in [0.25, 0.3) is 6.08 Å². The van der Waals surface area contributed by atoms with E-state index in [1.165, 1.54) is 11.3 Å². The fourth-order valence-corrected chi connectivity index (χ4v) is 7.22. The molecular formula is C28H29Br2N3O5S. The molecule has 1 aliphatic rings. The molecule has 0 saturated heterocycles. The zero-order valence-electron chi connectivity index (χ0n) is 22.5. The highest BCUT2D eigenvalue weighted by atomic mass is 79.9. The Morgan fingerprint density at radius 2 is 1.74 bits per heavy atom. The quantitative estimate of drug-likeness (QED) is 0.347. The van der Waals surface area contributed by atoms with Crippen LogP contribution in [-0.4, -0.2) is 49.8 Å². The molecule has 0 saturated carbocycles. The number of methoxy groups -OCH3 is 3. The molecule has 1 amide bonds. The first-order valence-electron chi connectivity index (χ1n) is 12.3. The third-order valence-electron chi connectivity index (χ3n) is 6.56. The lowest BCUT2D eigenvalue weighted by atomic mass is 9.93. The van der Waals surface area contributed by atoms with E-state index in [4.69, 9.17) is 19.2 Å². The van der Waals surface area contributed by atoms with E-state index in [-0.39, 0.29) is 11.5 Å². The molecule has 0 N–H and O–H groups in total. The Bertz CT molecular complexity index is 1620. The number of likely N-dealkylation sites (N-methyl/N-ethyl adjacent to an activating group) is 1. The van der Waals surface area contributed by atoms with Crippen molar-refractivity contribution in [3.8, 4) is 17.2 Å². The lowest BCUT2D eigenvalue weighted by molar-refractivity contribution is -0.127. The molecule has 39 heavy (non-hydrogen) atoms. The smallest absolute Gasteiger partial charge is 0.271 e. The molecule has 8 nitrogen and oxygen atoms in total. The van der Waals surface area contributed by atoms with Crippen molar-refractivity contribution < 1.29 is 19.0 Å². The van der Waals surface area contributed by atoms with Gasteiger partial charge in [-0.25, -0.2) is 4.99 Å². The molecule has 0 spiro atoms. The van der Waals surface area contributed by atoms with Crippen molar-refractivity contribution >= 4 is 55.2 Å². The maximum Gasteiger partial charge on any atom is 0.271 e. The van der Waals surface area contributed by atoms with Crippen LogP contribution in [0.15, 0.2) is 60.3 Å². The summed E-state index contributed by atoms with van der Waals surface area (Å²) in [4.78, 5) is 34.9. The Labute approximate surface area is 247 Å². The van der Waals surface area contributed by atoms with Gasteiger partial charge < -0.3 is 19.1 Å². The van der Waals surface area contributed by atoms with Crippen LogP contribution in [0.1, 0.15) is 37.9 Å². The average Bonchev–Trinajstić information content (AvgIpc) is 3.21. The van der Waals surface area contributed by atoms with Crippen LogP contribution in [0.2, 0.25) is 0 Å². The van der Waals surface area contributed by atoms with Gasteiger partial charge in [0.1, 0.15) is 23.3 Å². The number of thiazole rings is 1. The van der Waals surface area contributed by atoms with E-state index in [1.54, 1.807) is 42.9 Å². The molecule has 0 fully saturated rings. The van der Waals surface area contributed by atoms with E-state index in [1.807, 2.05) is 45.0 Å². The fraction of sp³-hybridized carbons (Fsp3) is 0.321. The minimum Gasteiger partial charge on any atom is -0.497 e. The monoisotopic (exact) mass is 677 g/mol. The van der Waals surface area contributed by atoms with Gasteiger partial charge in [-0.3, -0.25) is 14.2 Å². The van der Waals surface area contributed by atoms with Crippen molar-refractivity contribution in [3.05, 3.63) is 81.4 Å². The number of amides is 1. The molecule has 3 aromatic rings. The van der Waals surface area contributed by atoms with Crippen molar-refractivity contribution in [2.75, 3.05) is 34.4 Å². The minimum absolute atomic E-state index is 0.173. The van der Waals surface area contributed by atoms with Crippen molar-refractivity contribution in [2.45, 2.75) is 26.8 Å². The molecule has 1 aromatic heterocycles. The van der Waals surface area contributed by atoms with Gasteiger partial charge in [0.15, 0.2) is 4.80 Å². The number of fused-ring (bicyclic) bond motifs is 1. The molecule has 1 atom stereocenters. The van der Waals surface area contributed by atoms with Crippen molar-refractivity contribution in [1.82, 2.24) is 9.47 Å². The number of allylic oxidation sites excluding steroid dienone is 1. The summed E-state index contributed by atoms with van der Waals surface area (Å²) in [5, 5.41) is 0. The molecule has 206 valence electrons. The van der Waals surface area contributed by atoms with E-state index in [9.17, 15) is 9.59 Å². The predicted octanol–water partition coefficient (Wildman–Crippen LogP) is 4.65. The number of ether oxygens (including phenoxy) is 3. The molecule has 0 bridgehead atoms. The van der Waals surface area contributed by atoms with E-state index in [0.717, 1.165) is 14.5 Å². The topological polar surface area (TPSA) is 82.4 Å². The van der Waals surface area contributed by atoms with Gasteiger partial charge in [0.25, 0.3) is 11.5 Å². The normalized spacial score (nSPS) is 15.1. The third kappa shape index (κ3) is 5.44. The van der Waals surface area contributed by atoms with Crippen LogP contribution < -0.4 is 29.1 Å². The number of nitrogens with zero attached hydrogens (tertiary/aromatic N) is 3. The Kier molecular flexibility index (Phi) is 9.03. The zero-order valence-corrected chi connectivity index (χ0v) is 26.5. The molecule has 0 unspecified atom stereocenters. The number of hydrogen-bond donors (Lipinski definition) is 0. The van der Waals surface area contributed by atoms with Crippen molar-refractivity contribution in [2.24, 2.45) is 4.99 Å². The van der Waals surface area contributed by atoms with Gasteiger partial charge in [-0.1, -0.05) is 11.3 Å². The number of benzene rings is 2.